The maximum atomic E-state index is 14.3. The lowest BCUT2D eigenvalue weighted by molar-refractivity contribution is -0.210. The number of aliphatic hydroxyl groups excluding tert-OH is 3. The van der Waals surface area contributed by atoms with Crippen LogP contribution in [0.4, 0.5) is 30.7 Å². The van der Waals surface area contributed by atoms with Gasteiger partial charge in [-0.15, -0.1) is 0 Å². The predicted molar refractivity (Wildman–Crippen MR) is 155 cm³/mol. The molecule has 0 unspecified atom stereocenters. The summed E-state index contributed by atoms with van der Waals surface area (Å²) in [5.74, 6) is -5.78. The fraction of sp³-hybridized carbons (Fsp3) is 0.258. The van der Waals surface area contributed by atoms with Crippen molar-refractivity contribution in [1.82, 2.24) is 24.5 Å². The Morgan fingerprint density at radius 3 is 2.19 bits per heavy atom. The Morgan fingerprint density at radius 2 is 1.56 bits per heavy atom. The van der Waals surface area contributed by atoms with Crippen molar-refractivity contribution < 1.29 is 50.8 Å². The molecule has 17 heteroatoms. The Morgan fingerprint density at radius 1 is 0.896 bits per heavy atom. The molecule has 1 aliphatic heterocycles. The number of ether oxygens (including phenoxy) is 1. The van der Waals surface area contributed by atoms with Crippen LogP contribution in [0.25, 0.3) is 28.1 Å². The van der Waals surface area contributed by atoms with E-state index in [4.69, 9.17) is 16.3 Å². The average molecular weight is 698 g/mol. The van der Waals surface area contributed by atoms with E-state index in [1.165, 1.54) is 25.3 Å². The van der Waals surface area contributed by atoms with Crippen LogP contribution < -0.4 is 0 Å². The summed E-state index contributed by atoms with van der Waals surface area (Å²) >= 11 is 6.04. The van der Waals surface area contributed by atoms with Crippen molar-refractivity contribution in [2.24, 2.45) is 0 Å². The minimum atomic E-state index is -4.86. The van der Waals surface area contributed by atoms with Crippen molar-refractivity contribution in [2.45, 2.75) is 43.6 Å². The molecule has 5 aromatic rings. The first kappa shape index (κ1) is 33.5. The van der Waals surface area contributed by atoms with Gasteiger partial charge in [-0.25, -0.2) is 27.2 Å². The van der Waals surface area contributed by atoms with E-state index >= 15 is 0 Å². The maximum Gasteiger partial charge on any atom is 0.418 e. The first-order valence-corrected chi connectivity index (χ1v) is 14.5. The molecule has 6 rings (SSSR count). The van der Waals surface area contributed by atoms with Crippen LogP contribution in [0.1, 0.15) is 29.4 Å². The first-order chi connectivity index (χ1) is 22.7. The second-order valence-electron chi connectivity index (χ2n) is 11.0. The highest BCUT2D eigenvalue weighted by Gasteiger charge is 2.49. The highest BCUT2D eigenvalue weighted by molar-refractivity contribution is 6.30. The molecule has 1 fully saturated rings. The van der Waals surface area contributed by atoms with Crippen molar-refractivity contribution >= 4 is 11.6 Å². The van der Waals surface area contributed by atoms with Crippen LogP contribution in [0.15, 0.2) is 60.8 Å². The molecule has 5 atom stereocenters. The number of benzene rings is 3. The molecule has 1 aliphatic rings. The average Bonchev–Trinajstić information content (AvgIpc) is 3.63. The third kappa shape index (κ3) is 6.05. The number of hydrogen-bond acceptors (Lipinski definition) is 7. The number of aromatic nitrogens is 5. The number of aliphatic hydroxyl groups is 3. The van der Waals surface area contributed by atoms with Gasteiger partial charge in [0.25, 0.3) is 0 Å². The van der Waals surface area contributed by atoms with Crippen LogP contribution in [-0.4, -0.2) is 64.8 Å². The Kier molecular flexibility index (Phi) is 8.80. The second-order valence-corrected chi connectivity index (χ2v) is 11.4. The molecule has 3 aromatic carbocycles. The van der Waals surface area contributed by atoms with Crippen LogP contribution in [0.2, 0.25) is 5.02 Å². The van der Waals surface area contributed by atoms with E-state index in [1.54, 1.807) is 0 Å². The third-order valence-corrected chi connectivity index (χ3v) is 8.06. The number of aryl methyl sites for hydroxylation is 1. The molecular formula is C31H23ClF7N5O4. The lowest BCUT2D eigenvalue weighted by atomic mass is 9.92. The molecule has 48 heavy (non-hydrogen) atoms. The van der Waals surface area contributed by atoms with Gasteiger partial charge in [0.05, 0.1) is 17.9 Å². The summed E-state index contributed by atoms with van der Waals surface area (Å²) in [4.78, 5) is 4.20. The van der Waals surface area contributed by atoms with Gasteiger partial charge in [-0.3, -0.25) is 4.68 Å². The lowest BCUT2D eigenvalue weighted by Gasteiger charge is -2.42. The van der Waals surface area contributed by atoms with Gasteiger partial charge in [0.15, 0.2) is 23.3 Å². The molecular weight excluding hydrogens is 675 g/mol. The molecule has 9 nitrogen and oxygen atoms in total. The quantitative estimate of drug-likeness (QED) is 0.153. The molecule has 1 saturated heterocycles. The smallest absolute Gasteiger partial charge is 0.394 e. The van der Waals surface area contributed by atoms with Crippen LogP contribution in [-0.2, 0) is 10.9 Å². The Labute approximate surface area is 271 Å². The first-order valence-electron chi connectivity index (χ1n) is 14.1. The highest BCUT2D eigenvalue weighted by Crippen LogP contribution is 2.42. The molecule has 0 amide bonds. The van der Waals surface area contributed by atoms with Gasteiger partial charge >= 0.3 is 6.18 Å². The van der Waals surface area contributed by atoms with Gasteiger partial charge in [0.2, 0.25) is 0 Å². The molecule has 2 aromatic heterocycles. The predicted octanol–water partition coefficient (Wildman–Crippen LogP) is 5.73. The molecule has 0 spiro atoms. The Balaban J connectivity index is 1.51. The zero-order valence-electron chi connectivity index (χ0n) is 24.4. The van der Waals surface area contributed by atoms with Crippen LogP contribution in [0, 0.1) is 30.2 Å². The van der Waals surface area contributed by atoms with E-state index in [0.29, 0.717) is 12.1 Å². The molecule has 3 N–H and O–H groups in total. The molecule has 0 bridgehead atoms. The van der Waals surface area contributed by atoms with Crippen LogP contribution in [0.5, 0.6) is 0 Å². The summed E-state index contributed by atoms with van der Waals surface area (Å²) in [7, 11) is 0. The van der Waals surface area contributed by atoms with Crippen LogP contribution >= 0.6 is 11.6 Å². The summed E-state index contributed by atoms with van der Waals surface area (Å²) in [6, 6.07) is 7.36. The van der Waals surface area contributed by atoms with Gasteiger partial charge in [-0.2, -0.15) is 23.4 Å². The normalized spacial score (nSPS) is 21.5. The maximum absolute atomic E-state index is 14.3. The summed E-state index contributed by atoms with van der Waals surface area (Å²) in [5.41, 5.74) is -1.74. The lowest BCUT2D eigenvalue weighted by Crippen LogP contribution is -2.53. The van der Waals surface area contributed by atoms with E-state index in [2.05, 4.69) is 15.2 Å². The summed E-state index contributed by atoms with van der Waals surface area (Å²) < 4.78 is 106. The van der Waals surface area contributed by atoms with Crippen molar-refractivity contribution in [3.8, 4) is 28.1 Å². The summed E-state index contributed by atoms with van der Waals surface area (Å²) in [5, 5.41) is 41.5. The van der Waals surface area contributed by atoms with Crippen molar-refractivity contribution in [2.75, 3.05) is 6.61 Å². The minimum Gasteiger partial charge on any atom is -0.394 e. The zero-order valence-corrected chi connectivity index (χ0v) is 25.1. The van der Waals surface area contributed by atoms with Gasteiger partial charge in [0.1, 0.15) is 47.8 Å². The standard InChI is InChI=1S/C31H23ClF7N5O4/c1-13-40-30(44(41-13)22-10-16(32)4-7-19(22)31(37,38)39)29-28(47)26(27(46)23(12-45)48-29)43-11-18(15-8-20(34)24(36)21(35)9-15)25(42-43)14-2-5-17(33)6-3-14/h2-11,23,26-29,45-47H,12H2,1H3/t23-,26+,27+,28-,29-/m1/s1. The third-order valence-electron chi connectivity index (χ3n) is 7.83. The van der Waals surface area contributed by atoms with E-state index in [1.807, 2.05) is 0 Å². The van der Waals surface area contributed by atoms with Gasteiger partial charge in [-0.05, 0) is 67.1 Å². The van der Waals surface area contributed by atoms with Crippen molar-refractivity contribution in [3.05, 3.63) is 106 Å². The number of alkyl halides is 3. The fourth-order valence-electron chi connectivity index (χ4n) is 5.63. The van der Waals surface area contributed by atoms with Crippen molar-refractivity contribution in [1.29, 1.82) is 0 Å². The Hall–Kier alpha value is -4.35. The molecule has 252 valence electrons. The zero-order chi connectivity index (χ0) is 34.7. The van der Waals surface area contributed by atoms with E-state index in [0.717, 1.165) is 39.7 Å². The molecule has 0 aliphatic carbocycles. The van der Waals surface area contributed by atoms with Gasteiger partial charge in [-0.1, -0.05) is 11.6 Å². The molecule has 0 radical (unpaired) electrons. The topological polar surface area (TPSA) is 118 Å². The highest BCUT2D eigenvalue weighted by atomic mass is 35.5. The number of halogens is 8. The van der Waals surface area contributed by atoms with E-state index in [9.17, 15) is 46.1 Å². The van der Waals surface area contributed by atoms with Crippen LogP contribution in [0.3, 0.4) is 0 Å². The minimum absolute atomic E-state index is 0.0301. The van der Waals surface area contributed by atoms with Crippen molar-refractivity contribution in [3.63, 3.8) is 0 Å². The SMILES string of the molecule is Cc1nc([C@@H]2O[C@H](CO)[C@H](O)[C@H](n3cc(-c4cc(F)c(F)c(F)c4)c(-c4ccc(F)cc4)n3)[C@H]2O)n(-c2cc(Cl)ccc2C(F)(F)F)n1. The number of nitrogens with zero attached hydrogens (tertiary/aromatic N) is 5. The van der Waals surface area contributed by atoms with E-state index < -0.39 is 77.8 Å². The molecule has 3 heterocycles. The summed E-state index contributed by atoms with van der Waals surface area (Å²) in [6.07, 6.45) is -10.4. The van der Waals surface area contributed by atoms with E-state index in [-0.39, 0.29) is 39.1 Å². The molecule has 0 saturated carbocycles. The fourth-order valence-corrected chi connectivity index (χ4v) is 5.79. The van der Waals surface area contributed by atoms with Gasteiger partial charge < -0.3 is 20.1 Å². The number of hydrogen-bond donors (Lipinski definition) is 3. The Bertz CT molecular complexity index is 1960. The van der Waals surface area contributed by atoms with Gasteiger partial charge in [0, 0.05) is 22.3 Å². The number of rotatable bonds is 6. The summed E-state index contributed by atoms with van der Waals surface area (Å²) in [6.45, 7) is 0.533. The monoisotopic (exact) mass is 697 g/mol. The largest absolute Gasteiger partial charge is 0.418 e. The second kappa shape index (κ2) is 12.6.